The third-order valence-electron chi connectivity index (χ3n) is 3.62. The highest BCUT2D eigenvalue weighted by Gasteiger charge is 2.25. The molecule has 2 aromatic rings. The molecule has 0 spiro atoms. The predicted molar refractivity (Wildman–Crippen MR) is 108 cm³/mol. The van der Waals surface area contributed by atoms with Crippen LogP contribution in [0.4, 0.5) is 5.00 Å². The largest absolute Gasteiger partial charge is 0.462 e. The van der Waals surface area contributed by atoms with Crippen LogP contribution in [0.25, 0.3) is 6.08 Å². The van der Waals surface area contributed by atoms with E-state index in [2.05, 4.69) is 10.6 Å². The van der Waals surface area contributed by atoms with Gasteiger partial charge >= 0.3 is 5.97 Å². The Balaban J connectivity index is 2.30. The van der Waals surface area contributed by atoms with Crippen LogP contribution in [0.2, 0.25) is 5.02 Å². The van der Waals surface area contributed by atoms with E-state index in [9.17, 15) is 14.4 Å². The first-order valence-electron chi connectivity index (χ1n) is 8.15. The first kappa shape index (κ1) is 20.7. The highest BCUT2D eigenvalue weighted by atomic mass is 35.5. The summed E-state index contributed by atoms with van der Waals surface area (Å²) in [6.07, 6.45) is 2.89. The molecule has 0 radical (unpaired) electrons. The third kappa shape index (κ3) is 4.96. The molecule has 0 atom stereocenters. The van der Waals surface area contributed by atoms with E-state index in [0.29, 0.717) is 16.1 Å². The van der Waals surface area contributed by atoms with E-state index in [1.54, 1.807) is 44.2 Å². The molecular weight excluding hydrogens is 388 g/mol. The number of halogens is 1. The second-order valence-electron chi connectivity index (χ2n) is 5.40. The summed E-state index contributed by atoms with van der Waals surface area (Å²) >= 11 is 7.06. The summed E-state index contributed by atoms with van der Waals surface area (Å²) in [6, 6.07) is 7.09. The molecule has 0 aliphatic rings. The van der Waals surface area contributed by atoms with Crippen molar-refractivity contribution in [1.82, 2.24) is 5.32 Å². The van der Waals surface area contributed by atoms with Gasteiger partial charge in [0.2, 0.25) is 5.91 Å². The summed E-state index contributed by atoms with van der Waals surface area (Å²) < 4.78 is 5.01. The zero-order chi connectivity index (χ0) is 20.0. The van der Waals surface area contributed by atoms with Gasteiger partial charge in [0.25, 0.3) is 5.91 Å². The van der Waals surface area contributed by atoms with Gasteiger partial charge in [-0.05, 0) is 37.1 Å². The SMILES string of the molecule is CCOC(=O)c1sc(NC(=O)/C=C/c2ccccc2Cl)c(C(=O)NC)c1C. The molecule has 0 bridgehead atoms. The number of carbonyl (C=O) groups excluding carboxylic acids is 3. The molecule has 0 saturated carbocycles. The lowest BCUT2D eigenvalue weighted by atomic mass is 10.1. The molecule has 0 fully saturated rings. The number of anilines is 1. The Kier molecular flexibility index (Phi) is 7.15. The minimum atomic E-state index is -0.530. The summed E-state index contributed by atoms with van der Waals surface area (Å²) in [5.74, 6) is -1.38. The fraction of sp³-hybridized carbons (Fsp3) is 0.211. The molecule has 27 heavy (non-hydrogen) atoms. The molecule has 8 heteroatoms. The smallest absolute Gasteiger partial charge is 0.348 e. The summed E-state index contributed by atoms with van der Waals surface area (Å²) in [5.41, 5.74) is 1.39. The van der Waals surface area contributed by atoms with Crippen LogP contribution in [0.15, 0.2) is 30.3 Å². The van der Waals surface area contributed by atoms with E-state index < -0.39 is 17.8 Å². The normalized spacial score (nSPS) is 10.7. The van der Waals surface area contributed by atoms with Gasteiger partial charge in [0.1, 0.15) is 9.88 Å². The van der Waals surface area contributed by atoms with Gasteiger partial charge in [-0.25, -0.2) is 4.79 Å². The van der Waals surface area contributed by atoms with Crippen molar-refractivity contribution >= 4 is 51.8 Å². The number of hydrogen-bond donors (Lipinski definition) is 2. The van der Waals surface area contributed by atoms with Gasteiger partial charge in [0.05, 0.1) is 12.2 Å². The average Bonchev–Trinajstić information content (AvgIpc) is 2.96. The van der Waals surface area contributed by atoms with Crippen LogP contribution < -0.4 is 10.6 Å². The molecule has 0 saturated heterocycles. The maximum Gasteiger partial charge on any atom is 0.348 e. The molecule has 1 heterocycles. The summed E-state index contributed by atoms with van der Waals surface area (Å²) in [7, 11) is 1.48. The van der Waals surface area contributed by atoms with E-state index in [0.717, 1.165) is 11.3 Å². The second kappa shape index (κ2) is 9.34. The van der Waals surface area contributed by atoms with E-state index in [4.69, 9.17) is 16.3 Å². The standard InChI is InChI=1S/C19H19ClN2O4S/c1-4-26-19(25)16-11(2)15(17(24)21-3)18(27-16)22-14(23)10-9-12-7-5-6-8-13(12)20/h5-10H,4H2,1-3H3,(H,21,24)(H,22,23)/b10-9+. The molecule has 0 aliphatic heterocycles. The quantitative estimate of drug-likeness (QED) is 0.562. The lowest BCUT2D eigenvalue weighted by Crippen LogP contribution is -2.20. The molecule has 0 unspecified atom stereocenters. The highest BCUT2D eigenvalue weighted by molar-refractivity contribution is 7.18. The number of amides is 2. The van der Waals surface area contributed by atoms with Crippen molar-refractivity contribution in [3.8, 4) is 0 Å². The molecular formula is C19H19ClN2O4S. The zero-order valence-corrected chi connectivity index (χ0v) is 16.7. The van der Waals surface area contributed by atoms with E-state index in [1.807, 2.05) is 0 Å². The fourth-order valence-corrected chi connectivity index (χ4v) is 3.62. The van der Waals surface area contributed by atoms with Crippen LogP contribution in [0, 0.1) is 6.92 Å². The fourth-order valence-electron chi connectivity index (χ4n) is 2.32. The maximum atomic E-state index is 12.3. The number of hydrogen-bond acceptors (Lipinski definition) is 5. The number of nitrogens with one attached hydrogen (secondary N) is 2. The Morgan fingerprint density at radius 1 is 1.26 bits per heavy atom. The average molecular weight is 407 g/mol. The number of ether oxygens (including phenoxy) is 1. The monoisotopic (exact) mass is 406 g/mol. The van der Waals surface area contributed by atoms with Crippen molar-refractivity contribution in [2.24, 2.45) is 0 Å². The van der Waals surface area contributed by atoms with Crippen LogP contribution in [-0.2, 0) is 9.53 Å². The minimum Gasteiger partial charge on any atom is -0.462 e. The van der Waals surface area contributed by atoms with Gasteiger partial charge in [-0.15, -0.1) is 11.3 Å². The van der Waals surface area contributed by atoms with Crippen molar-refractivity contribution in [2.45, 2.75) is 13.8 Å². The number of carbonyl (C=O) groups is 3. The van der Waals surface area contributed by atoms with Crippen LogP contribution >= 0.6 is 22.9 Å². The summed E-state index contributed by atoms with van der Waals surface area (Å²) in [5, 5.41) is 5.97. The Labute approximate surface area is 166 Å². The maximum absolute atomic E-state index is 12.3. The van der Waals surface area contributed by atoms with E-state index in [1.165, 1.54) is 13.1 Å². The lowest BCUT2D eigenvalue weighted by Gasteiger charge is -2.04. The van der Waals surface area contributed by atoms with Crippen molar-refractivity contribution in [1.29, 1.82) is 0 Å². The molecule has 2 N–H and O–H groups in total. The first-order valence-corrected chi connectivity index (χ1v) is 9.34. The Morgan fingerprint density at radius 3 is 2.59 bits per heavy atom. The number of esters is 1. The van der Waals surface area contributed by atoms with Crippen molar-refractivity contribution < 1.29 is 19.1 Å². The van der Waals surface area contributed by atoms with E-state index in [-0.39, 0.29) is 22.0 Å². The Hall–Kier alpha value is -2.64. The third-order valence-corrected chi connectivity index (χ3v) is 5.15. The molecule has 142 valence electrons. The molecule has 6 nitrogen and oxygen atoms in total. The van der Waals surface area contributed by atoms with Crippen molar-refractivity contribution in [3.63, 3.8) is 0 Å². The molecule has 0 aliphatic carbocycles. The van der Waals surface area contributed by atoms with Crippen LogP contribution in [0.5, 0.6) is 0 Å². The van der Waals surface area contributed by atoms with Crippen LogP contribution in [0.3, 0.4) is 0 Å². The molecule has 2 rings (SSSR count). The predicted octanol–water partition coefficient (Wildman–Crippen LogP) is 3.90. The first-order chi connectivity index (χ1) is 12.9. The lowest BCUT2D eigenvalue weighted by molar-refractivity contribution is -0.111. The van der Waals surface area contributed by atoms with E-state index >= 15 is 0 Å². The number of rotatable bonds is 6. The highest BCUT2D eigenvalue weighted by Crippen LogP contribution is 2.33. The Morgan fingerprint density at radius 2 is 1.96 bits per heavy atom. The Bertz CT molecular complexity index is 905. The van der Waals surface area contributed by atoms with Crippen LogP contribution in [-0.4, -0.2) is 31.4 Å². The molecule has 2 amide bonds. The van der Waals surface area contributed by atoms with Crippen molar-refractivity contribution in [3.05, 3.63) is 56.9 Å². The van der Waals surface area contributed by atoms with Gasteiger partial charge in [-0.3, -0.25) is 9.59 Å². The zero-order valence-electron chi connectivity index (χ0n) is 15.1. The van der Waals surface area contributed by atoms with Gasteiger partial charge in [0, 0.05) is 18.1 Å². The summed E-state index contributed by atoms with van der Waals surface area (Å²) in [4.78, 5) is 36.9. The van der Waals surface area contributed by atoms with Gasteiger partial charge < -0.3 is 15.4 Å². The van der Waals surface area contributed by atoms with Crippen molar-refractivity contribution in [2.75, 3.05) is 19.0 Å². The number of benzene rings is 1. The minimum absolute atomic E-state index is 0.216. The van der Waals surface area contributed by atoms with Gasteiger partial charge in [0.15, 0.2) is 0 Å². The topological polar surface area (TPSA) is 84.5 Å². The molecule has 1 aromatic carbocycles. The second-order valence-corrected chi connectivity index (χ2v) is 6.83. The van der Waals surface area contributed by atoms with Crippen LogP contribution in [0.1, 0.15) is 38.1 Å². The summed E-state index contributed by atoms with van der Waals surface area (Å²) in [6.45, 7) is 3.55. The van der Waals surface area contributed by atoms with Gasteiger partial charge in [-0.1, -0.05) is 29.8 Å². The molecule has 1 aromatic heterocycles. The number of thiophene rings is 1. The van der Waals surface area contributed by atoms with Gasteiger partial charge in [-0.2, -0.15) is 0 Å².